The highest BCUT2D eigenvalue weighted by Gasteiger charge is 2.08. The zero-order valence-corrected chi connectivity index (χ0v) is 9.81. The van der Waals surface area contributed by atoms with Crippen LogP contribution in [0.25, 0.3) is 10.9 Å². The summed E-state index contributed by atoms with van der Waals surface area (Å²) < 4.78 is 18.2. The number of benzene rings is 1. The van der Waals surface area contributed by atoms with Crippen LogP contribution in [0.3, 0.4) is 0 Å². The Hall–Kier alpha value is -1.19. The molecule has 1 heterocycles. The molecular formula is C12H11ClFNO. The van der Waals surface area contributed by atoms with Gasteiger partial charge in [0, 0.05) is 18.6 Å². The largest absolute Gasteiger partial charge is 0.378 e. The lowest BCUT2D eigenvalue weighted by atomic mass is 10.1. The minimum atomic E-state index is -0.303. The minimum Gasteiger partial charge on any atom is -0.378 e. The van der Waals surface area contributed by atoms with E-state index in [0.29, 0.717) is 22.8 Å². The van der Waals surface area contributed by atoms with Crippen LogP contribution in [-0.4, -0.2) is 12.1 Å². The first-order chi connectivity index (χ1) is 7.61. The molecule has 0 saturated heterocycles. The quantitative estimate of drug-likeness (QED) is 0.801. The number of methoxy groups -OCH3 is 1. The fourth-order valence-corrected chi connectivity index (χ4v) is 2.12. The van der Waals surface area contributed by atoms with Crippen molar-refractivity contribution in [3.63, 3.8) is 0 Å². The lowest BCUT2D eigenvalue weighted by molar-refractivity contribution is 0.182. The molecule has 0 aliphatic rings. The standard InChI is InChI=1S/C12H11ClFNO/c1-7-3-8(14)4-11-12(7)10(13)5-9(15-11)6-16-2/h3-5H,6H2,1-2H3. The second-order valence-corrected chi connectivity index (χ2v) is 4.05. The van der Waals surface area contributed by atoms with Crippen molar-refractivity contribution in [2.45, 2.75) is 13.5 Å². The molecule has 2 aromatic rings. The average Bonchev–Trinajstić information content (AvgIpc) is 2.15. The first-order valence-electron chi connectivity index (χ1n) is 4.86. The van der Waals surface area contributed by atoms with Crippen molar-refractivity contribution >= 4 is 22.5 Å². The van der Waals surface area contributed by atoms with Gasteiger partial charge in [0.25, 0.3) is 0 Å². The van der Waals surface area contributed by atoms with Crippen LogP contribution in [0.2, 0.25) is 5.02 Å². The van der Waals surface area contributed by atoms with Crippen molar-refractivity contribution in [2.75, 3.05) is 7.11 Å². The highest BCUT2D eigenvalue weighted by atomic mass is 35.5. The van der Waals surface area contributed by atoms with E-state index in [0.717, 1.165) is 10.9 Å². The number of pyridine rings is 1. The Morgan fingerprint density at radius 1 is 1.38 bits per heavy atom. The van der Waals surface area contributed by atoms with Crippen LogP contribution in [0.5, 0.6) is 0 Å². The number of fused-ring (bicyclic) bond motifs is 1. The van der Waals surface area contributed by atoms with Crippen LogP contribution in [0.15, 0.2) is 18.2 Å². The minimum absolute atomic E-state index is 0.303. The Morgan fingerprint density at radius 2 is 2.12 bits per heavy atom. The summed E-state index contributed by atoms with van der Waals surface area (Å²) >= 11 is 6.14. The van der Waals surface area contributed by atoms with E-state index in [4.69, 9.17) is 16.3 Å². The van der Waals surface area contributed by atoms with E-state index in [1.807, 2.05) is 6.92 Å². The Kier molecular flexibility index (Phi) is 3.08. The summed E-state index contributed by atoms with van der Waals surface area (Å²) in [5.41, 5.74) is 2.05. The first-order valence-corrected chi connectivity index (χ1v) is 5.24. The average molecular weight is 240 g/mol. The van der Waals surface area contributed by atoms with Crippen LogP contribution in [0, 0.1) is 12.7 Å². The number of nitrogens with zero attached hydrogens (tertiary/aromatic N) is 1. The third-order valence-electron chi connectivity index (χ3n) is 2.37. The van der Waals surface area contributed by atoms with Crippen LogP contribution in [0.4, 0.5) is 4.39 Å². The maximum absolute atomic E-state index is 13.2. The lowest BCUT2D eigenvalue weighted by Crippen LogP contribution is -1.95. The Bertz CT molecular complexity index is 542. The molecule has 16 heavy (non-hydrogen) atoms. The molecule has 0 aliphatic heterocycles. The van der Waals surface area contributed by atoms with Crippen molar-refractivity contribution in [1.82, 2.24) is 4.98 Å². The van der Waals surface area contributed by atoms with Gasteiger partial charge in [-0.05, 0) is 24.6 Å². The van der Waals surface area contributed by atoms with Crippen molar-refractivity contribution < 1.29 is 9.13 Å². The van der Waals surface area contributed by atoms with Gasteiger partial charge in [-0.3, -0.25) is 4.98 Å². The molecule has 0 N–H and O–H groups in total. The molecule has 2 nitrogen and oxygen atoms in total. The van der Waals surface area contributed by atoms with Crippen LogP contribution in [0.1, 0.15) is 11.3 Å². The molecule has 0 radical (unpaired) electrons. The fourth-order valence-electron chi connectivity index (χ4n) is 1.75. The topological polar surface area (TPSA) is 22.1 Å². The monoisotopic (exact) mass is 239 g/mol. The van der Waals surface area contributed by atoms with Gasteiger partial charge in [0.2, 0.25) is 0 Å². The van der Waals surface area contributed by atoms with Crippen molar-refractivity contribution in [2.24, 2.45) is 0 Å². The molecule has 0 bridgehead atoms. The van der Waals surface area contributed by atoms with Gasteiger partial charge in [-0.2, -0.15) is 0 Å². The zero-order valence-electron chi connectivity index (χ0n) is 9.05. The fraction of sp³-hybridized carbons (Fsp3) is 0.250. The summed E-state index contributed by atoms with van der Waals surface area (Å²) in [6.45, 7) is 2.18. The van der Waals surface area contributed by atoms with Gasteiger partial charge in [-0.25, -0.2) is 4.39 Å². The van der Waals surface area contributed by atoms with E-state index in [1.54, 1.807) is 13.2 Å². The Balaban J connectivity index is 2.71. The Labute approximate surface area is 98.0 Å². The van der Waals surface area contributed by atoms with E-state index in [2.05, 4.69) is 4.98 Å². The number of halogens is 2. The molecule has 84 valence electrons. The van der Waals surface area contributed by atoms with E-state index in [-0.39, 0.29) is 5.82 Å². The summed E-state index contributed by atoms with van der Waals surface area (Å²) in [6.07, 6.45) is 0. The zero-order chi connectivity index (χ0) is 11.7. The van der Waals surface area contributed by atoms with E-state index in [9.17, 15) is 4.39 Å². The summed E-state index contributed by atoms with van der Waals surface area (Å²) in [5.74, 6) is -0.303. The molecule has 2 rings (SSSR count). The SMILES string of the molecule is COCc1cc(Cl)c2c(C)cc(F)cc2n1. The third-order valence-corrected chi connectivity index (χ3v) is 2.67. The molecule has 4 heteroatoms. The van der Waals surface area contributed by atoms with Gasteiger partial charge < -0.3 is 4.74 Å². The van der Waals surface area contributed by atoms with E-state index >= 15 is 0 Å². The van der Waals surface area contributed by atoms with E-state index in [1.165, 1.54) is 12.1 Å². The molecule has 0 fully saturated rings. The molecule has 1 aromatic heterocycles. The van der Waals surface area contributed by atoms with Crippen molar-refractivity contribution in [3.05, 3.63) is 40.3 Å². The molecule has 0 saturated carbocycles. The molecule has 0 spiro atoms. The van der Waals surface area contributed by atoms with Gasteiger partial charge in [-0.1, -0.05) is 11.6 Å². The molecular weight excluding hydrogens is 229 g/mol. The highest BCUT2D eigenvalue weighted by Crippen LogP contribution is 2.27. The number of rotatable bonds is 2. The van der Waals surface area contributed by atoms with Gasteiger partial charge in [-0.15, -0.1) is 0 Å². The van der Waals surface area contributed by atoms with Gasteiger partial charge >= 0.3 is 0 Å². The number of hydrogen-bond acceptors (Lipinski definition) is 2. The van der Waals surface area contributed by atoms with Gasteiger partial charge in [0.1, 0.15) is 5.82 Å². The van der Waals surface area contributed by atoms with Crippen LogP contribution >= 0.6 is 11.6 Å². The molecule has 0 unspecified atom stereocenters. The summed E-state index contributed by atoms with van der Waals surface area (Å²) in [7, 11) is 1.58. The molecule has 1 aromatic carbocycles. The first kappa shape index (κ1) is 11.3. The Morgan fingerprint density at radius 3 is 2.81 bits per heavy atom. The van der Waals surface area contributed by atoms with Crippen LogP contribution < -0.4 is 0 Å². The maximum atomic E-state index is 13.2. The van der Waals surface area contributed by atoms with Gasteiger partial charge in [0.05, 0.1) is 22.8 Å². The predicted molar refractivity (Wildman–Crippen MR) is 62.2 cm³/mol. The summed E-state index contributed by atoms with van der Waals surface area (Å²) in [4.78, 5) is 4.30. The van der Waals surface area contributed by atoms with E-state index < -0.39 is 0 Å². The smallest absolute Gasteiger partial charge is 0.125 e. The predicted octanol–water partition coefficient (Wildman–Crippen LogP) is 3.48. The molecule has 0 atom stereocenters. The summed E-state index contributed by atoms with van der Waals surface area (Å²) in [6, 6.07) is 4.58. The third kappa shape index (κ3) is 2.01. The van der Waals surface area contributed by atoms with Gasteiger partial charge in [0.15, 0.2) is 0 Å². The second-order valence-electron chi connectivity index (χ2n) is 3.65. The molecule has 0 aliphatic carbocycles. The van der Waals surface area contributed by atoms with Crippen molar-refractivity contribution in [3.8, 4) is 0 Å². The summed E-state index contributed by atoms with van der Waals surface area (Å²) in [5, 5.41) is 1.37. The van der Waals surface area contributed by atoms with Crippen LogP contribution in [-0.2, 0) is 11.3 Å². The highest BCUT2D eigenvalue weighted by molar-refractivity contribution is 6.35. The molecule has 0 amide bonds. The number of hydrogen-bond donors (Lipinski definition) is 0. The second kappa shape index (κ2) is 4.36. The number of aryl methyl sites for hydroxylation is 1. The number of aromatic nitrogens is 1. The normalized spacial score (nSPS) is 11.0. The lowest BCUT2D eigenvalue weighted by Gasteiger charge is -2.07. The number of ether oxygens (including phenoxy) is 1. The maximum Gasteiger partial charge on any atom is 0.125 e. The van der Waals surface area contributed by atoms with Crippen molar-refractivity contribution in [1.29, 1.82) is 0 Å².